The lowest BCUT2D eigenvalue weighted by atomic mass is 10.2. The van der Waals surface area contributed by atoms with E-state index in [1.807, 2.05) is 31.2 Å². The van der Waals surface area contributed by atoms with Gasteiger partial charge in [-0.1, -0.05) is 23.7 Å². The van der Waals surface area contributed by atoms with Crippen molar-refractivity contribution in [1.29, 1.82) is 0 Å². The van der Waals surface area contributed by atoms with Crippen LogP contribution in [0.4, 0.5) is 10.2 Å². The molecule has 0 fully saturated rings. The SMILES string of the molecule is Cc1cc(NC(=O)c2ccc(COc3ccc(F)cc3)o2)nn1Cc1ccc(Cl)cc1. The van der Waals surface area contributed by atoms with Crippen molar-refractivity contribution in [3.05, 3.63) is 100 Å². The molecule has 8 heteroatoms. The molecule has 31 heavy (non-hydrogen) atoms. The third-order valence-electron chi connectivity index (χ3n) is 4.55. The Hall–Kier alpha value is -3.58. The minimum atomic E-state index is -0.413. The second-order valence-electron chi connectivity index (χ2n) is 6.92. The summed E-state index contributed by atoms with van der Waals surface area (Å²) in [7, 11) is 0. The molecule has 0 saturated heterocycles. The number of nitrogens with one attached hydrogen (secondary N) is 1. The average molecular weight is 440 g/mol. The number of halogens is 2. The molecule has 0 radical (unpaired) electrons. The molecule has 0 spiro atoms. The monoisotopic (exact) mass is 439 g/mol. The van der Waals surface area contributed by atoms with E-state index in [2.05, 4.69) is 10.4 Å². The Bertz CT molecular complexity index is 1180. The van der Waals surface area contributed by atoms with Crippen LogP contribution in [0.1, 0.15) is 27.6 Å². The fourth-order valence-electron chi connectivity index (χ4n) is 2.93. The number of carbonyl (C=O) groups excluding carboxylic acids is 1. The molecule has 2 aromatic heterocycles. The Morgan fingerprint density at radius 3 is 2.61 bits per heavy atom. The van der Waals surface area contributed by atoms with Gasteiger partial charge in [0.05, 0.1) is 6.54 Å². The molecule has 4 rings (SSSR count). The highest BCUT2D eigenvalue weighted by Gasteiger charge is 2.14. The van der Waals surface area contributed by atoms with Crippen LogP contribution in [-0.4, -0.2) is 15.7 Å². The topological polar surface area (TPSA) is 69.3 Å². The molecule has 0 aliphatic rings. The molecule has 0 aliphatic carbocycles. The standard InChI is InChI=1S/C23H19ClFN3O3/c1-15-12-22(27-28(15)13-16-2-4-17(24)5-3-16)26-23(29)21-11-10-20(31-21)14-30-19-8-6-18(25)7-9-19/h2-12H,13-14H2,1H3,(H,26,27,29). The molecule has 1 N–H and O–H groups in total. The number of aromatic nitrogens is 2. The summed E-state index contributed by atoms with van der Waals surface area (Å²) in [4.78, 5) is 12.5. The summed E-state index contributed by atoms with van der Waals surface area (Å²) < 4.78 is 25.8. The molecular weight excluding hydrogens is 421 g/mol. The van der Waals surface area contributed by atoms with Crippen LogP contribution in [0.25, 0.3) is 0 Å². The van der Waals surface area contributed by atoms with E-state index in [0.717, 1.165) is 11.3 Å². The fourth-order valence-corrected chi connectivity index (χ4v) is 3.06. The molecule has 0 unspecified atom stereocenters. The Morgan fingerprint density at radius 2 is 1.87 bits per heavy atom. The molecule has 1 amide bonds. The number of benzene rings is 2. The summed E-state index contributed by atoms with van der Waals surface area (Å²) >= 11 is 5.92. The Balaban J connectivity index is 1.36. The van der Waals surface area contributed by atoms with Crippen molar-refractivity contribution < 1.29 is 18.3 Å². The number of amides is 1. The first kappa shape index (κ1) is 20.7. The van der Waals surface area contributed by atoms with Gasteiger partial charge >= 0.3 is 0 Å². The largest absolute Gasteiger partial charge is 0.486 e. The van der Waals surface area contributed by atoms with Crippen LogP contribution in [0.15, 0.2) is 71.1 Å². The third-order valence-corrected chi connectivity index (χ3v) is 4.80. The van der Waals surface area contributed by atoms with E-state index in [9.17, 15) is 9.18 Å². The van der Waals surface area contributed by atoms with Gasteiger partial charge in [-0.3, -0.25) is 9.48 Å². The maximum absolute atomic E-state index is 12.9. The van der Waals surface area contributed by atoms with E-state index in [4.69, 9.17) is 20.8 Å². The number of furan rings is 1. The minimum Gasteiger partial charge on any atom is -0.486 e. The summed E-state index contributed by atoms with van der Waals surface area (Å²) in [6.45, 7) is 2.59. The lowest BCUT2D eigenvalue weighted by Gasteiger charge is -2.05. The van der Waals surface area contributed by atoms with Gasteiger partial charge in [-0.05, 0) is 61.0 Å². The van der Waals surface area contributed by atoms with Gasteiger partial charge < -0.3 is 14.5 Å². The van der Waals surface area contributed by atoms with E-state index in [0.29, 0.717) is 28.9 Å². The van der Waals surface area contributed by atoms with E-state index >= 15 is 0 Å². The highest BCUT2D eigenvalue weighted by atomic mass is 35.5. The van der Waals surface area contributed by atoms with Gasteiger partial charge in [0.25, 0.3) is 5.91 Å². The zero-order valence-electron chi connectivity index (χ0n) is 16.6. The van der Waals surface area contributed by atoms with Crippen LogP contribution in [-0.2, 0) is 13.2 Å². The predicted octanol–water partition coefficient (Wildman–Crippen LogP) is 5.46. The van der Waals surface area contributed by atoms with Gasteiger partial charge in [0.1, 0.15) is 23.9 Å². The van der Waals surface area contributed by atoms with Crippen LogP contribution in [0, 0.1) is 12.7 Å². The number of hydrogen-bond donors (Lipinski definition) is 1. The number of nitrogens with zero attached hydrogens (tertiary/aromatic N) is 2. The highest BCUT2D eigenvalue weighted by Crippen LogP contribution is 2.17. The smallest absolute Gasteiger partial charge is 0.292 e. The second kappa shape index (κ2) is 9.06. The predicted molar refractivity (Wildman–Crippen MR) is 115 cm³/mol. The second-order valence-corrected chi connectivity index (χ2v) is 7.35. The fraction of sp³-hybridized carbons (Fsp3) is 0.130. The zero-order valence-corrected chi connectivity index (χ0v) is 17.4. The number of hydrogen-bond acceptors (Lipinski definition) is 4. The van der Waals surface area contributed by atoms with Crippen molar-refractivity contribution in [3.63, 3.8) is 0 Å². The van der Waals surface area contributed by atoms with E-state index in [1.165, 1.54) is 24.3 Å². The van der Waals surface area contributed by atoms with Crippen molar-refractivity contribution in [3.8, 4) is 5.75 Å². The molecule has 6 nitrogen and oxygen atoms in total. The van der Waals surface area contributed by atoms with Gasteiger partial charge in [0, 0.05) is 16.8 Å². The molecule has 0 saturated carbocycles. The molecule has 0 atom stereocenters. The van der Waals surface area contributed by atoms with Crippen molar-refractivity contribution >= 4 is 23.3 Å². The number of aryl methyl sites for hydroxylation is 1. The van der Waals surface area contributed by atoms with Gasteiger partial charge in [-0.25, -0.2) is 4.39 Å². The van der Waals surface area contributed by atoms with Crippen LogP contribution < -0.4 is 10.1 Å². The van der Waals surface area contributed by atoms with Crippen LogP contribution in [0.2, 0.25) is 5.02 Å². The number of rotatable bonds is 7. The van der Waals surface area contributed by atoms with Crippen molar-refractivity contribution in [2.24, 2.45) is 0 Å². The van der Waals surface area contributed by atoms with E-state index in [1.54, 1.807) is 22.9 Å². The minimum absolute atomic E-state index is 0.119. The number of ether oxygens (including phenoxy) is 1. The van der Waals surface area contributed by atoms with Crippen molar-refractivity contribution in [2.75, 3.05) is 5.32 Å². The van der Waals surface area contributed by atoms with Gasteiger partial charge in [-0.15, -0.1) is 0 Å². The number of anilines is 1. The summed E-state index contributed by atoms with van der Waals surface area (Å²) in [6, 6.07) is 18.2. The Kier molecular flexibility index (Phi) is 6.04. The first-order valence-electron chi connectivity index (χ1n) is 9.53. The zero-order chi connectivity index (χ0) is 21.8. The molecule has 2 heterocycles. The van der Waals surface area contributed by atoms with Crippen LogP contribution >= 0.6 is 11.6 Å². The maximum atomic E-state index is 12.9. The lowest BCUT2D eigenvalue weighted by molar-refractivity contribution is 0.0992. The van der Waals surface area contributed by atoms with Crippen LogP contribution in [0.5, 0.6) is 5.75 Å². The quantitative estimate of drug-likeness (QED) is 0.415. The van der Waals surface area contributed by atoms with Crippen LogP contribution in [0.3, 0.4) is 0 Å². The summed E-state index contributed by atoms with van der Waals surface area (Å²) in [5, 5.41) is 7.85. The lowest BCUT2D eigenvalue weighted by Crippen LogP contribution is -2.12. The van der Waals surface area contributed by atoms with Gasteiger partial charge in [-0.2, -0.15) is 5.10 Å². The first-order chi connectivity index (χ1) is 15.0. The summed E-state index contributed by atoms with van der Waals surface area (Å²) in [5.74, 6) is 0.795. The van der Waals surface area contributed by atoms with Gasteiger partial charge in [0.15, 0.2) is 11.6 Å². The van der Waals surface area contributed by atoms with Crippen molar-refractivity contribution in [2.45, 2.75) is 20.1 Å². The third kappa shape index (κ3) is 5.32. The first-order valence-corrected chi connectivity index (χ1v) is 9.91. The molecule has 158 valence electrons. The molecule has 0 aliphatic heterocycles. The molecule has 0 bridgehead atoms. The van der Waals surface area contributed by atoms with E-state index < -0.39 is 5.91 Å². The molecular formula is C23H19ClFN3O3. The van der Waals surface area contributed by atoms with E-state index in [-0.39, 0.29) is 18.2 Å². The average Bonchev–Trinajstić information content (AvgIpc) is 3.36. The van der Waals surface area contributed by atoms with Crippen molar-refractivity contribution in [1.82, 2.24) is 9.78 Å². The normalized spacial score (nSPS) is 10.8. The summed E-state index contributed by atoms with van der Waals surface area (Å²) in [5.41, 5.74) is 1.95. The molecule has 2 aromatic carbocycles. The highest BCUT2D eigenvalue weighted by molar-refractivity contribution is 6.30. The number of carbonyl (C=O) groups is 1. The maximum Gasteiger partial charge on any atom is 0.292 e. The Morgan fingerprint density at radius 1 is 1.13 bits per heavy atom. The summed E-state index contributed by atoms with van der Waals surface area (Å²) in [6.07, 6.45) is 0. The Labute approximate surface area is 183 Å². The van der Waals surface area contributed by atoms with Gasteiger partial charge in [0.2, 0.25) is 0 Å². The molecule has 4 aromatic rings.